The summed E-state index contributed by atoms with van der Waals surface area (Å²) in [6.07, 6.45) is 2.76. The molecule has 0 aliphatic heterocycles. The first-order chi connectivity index (χ1) is 8.66. The van der Waals surface area contributed by atoms with Crippen LogP contribution in [-0.4, -0.2) is 39.1 Å². The number of hydrogen-bond acceptors (Lipinski definition) is 5. The highest BCUT2D eigenvalue weighted by Gasteiger charge is 2.12. The van der Waals surface area contributed by atoms with Crippen LogP contribution in [-0.2, 0) is 32.4 Å². The van der Waals surface area contributed by atoms with Crippen LogP contribution in [0.2, 0.25) is 25.7 Å². The number of rotatable bonds is 8. The van der Waals surface area contributed by atoms with Gasteiger partial charge in [-0.05, 0) is 12.1 Å². The van der Waals surface area contributed by atoms with Gasteiger partial charge < -0.3 is 4.74 Å². The van der Waals surface area contributed by atoms with Gasteiger partial charge in [-0.3, -0.25) is 4.18 Å². The SMILES string of the molecule is C[Si](C)(C)CCOCn1ccc(COS(C)(=O)=O)n1. The van der Waals surface area contributed by atoms with Gasteiger partial charge in [0.05, 0.1) is 11.9 Å². The predicted molar refractivity (Wildman–Crippen MR) is 76.0 cm³/mol. The second kappa shape index (κ2) is 6.64. The van der Waals surface area contributed by atoms with Crippen LogP contribution in [0.3, 0.4) is 0 Å². The summed E-state index contributed by atoms with van der Waals surface area (Å²) >= 11 is 0. The van der Waals surface area contributed by atoms with Crippen molar-refractivity contribution in [3.63, 3.8) is 0 Å². The highest BCUT2D eigenvalue weighted by molar-refractivity contribution is 7.85. The molecule has 1 aromatic heterocycles. The molecule has 0 aliphatic carbocycles. The summed E-state index contributed by atoms with van der Waals surface area (Å²) in [6, 6.07) is 2.82. The van der Waals surface area contributed by atoms with Gasteiger partial charge in [0.25, 0.3) is 10.1 Å². The molecule has 0 saturated carbocycles. The molecule has 1 heterocycles. The summed E-state index contributed by atoms with van der Waals surface area (Å²) in [7, 11) is -4.49. The Morgan fingerprint density at radius 2 is 2.05 bits per heavy atom. The van der Waals surface area contributed by atoms with Gasteiger partial charge >= 0.3 is 0 Å². The van der Waals surface area contributed by atoms with E-state index in [9.17, 15) is 8.42 Å². The van der Waals surface area contributed by atoms with Crippen LogP contribution in [0.5, 0.6) is 0 Å². The molecule has 0 unspecified atom stereocenters. The van der Waals surface area contributed by atoms with E-state index in [2.05, 4.69) is 28.9 Å². The molecular weight excluding hydrogens is 284 g/mol. The van der Waals surface area contributed by atoms with Crippen LogP contribution < -0.4 is 0 Å². The third-order valence-electron chi connectivity index (χ3n) is 2.34. The first-order valence-corrected chi connectivity index (χ1v) is 11.6. The largest absolute Gasteiger partial charge is 0.360 e. The fourth-order valence-electron chi connectivity index (χ4n) is 1.26. The Balaban J connectivity index is 2.31. The van der Waals surface area contributed by atoms with Gasteiger partial charge in [0, 0.05) is 20.9 Å². The molecule has 110 valence electrons. The molecule has 0 amide bonds. The topological polar surface area (TPSA) is 70.4 Å². The quantitative estimate of drug-likeness (QED) is 0.415. The lowest BCUT2D eigenvalue weighted by molar-refractivity contribution is 0.0780. The smallest absolute Gasteiger partial charge is 0.264 e. The summed E-state index contributed by atoms with van der Waals surface area (Å²) < 4.78 is 33.5. The van der Waals surface area contributed by atoms with E-state index in [0.717, 1.165) is 18.9 Å². The molecule has 1 rings (SSSR count). The zero-order chi connectivity index (χ0) is 14.5. The maximum Gasteiger partial charge on any atom is 0.264 e. The molecule has 0 saturated heterocycles. The van der Waals surface area contributed by atoms with Crippen molar-refractivity contribution in [2.45, 2.75) is 39.0 Å². The van der Waals surface area contributed by atoms with Crippen LogP contribution in [0, 0.1) is 0 Å². The van der Waals surface area contributed by atoms with Crippen molar-refractivity contribution < 1.29 is 17.3 Å². The van der Waals surface area contributed by atoms with Crippen LogP contribution >= 0.6 is 0 Å². The van der Waals surface area contributed by atoms with Gasteiger partial charge in [-0.15, -0.1) is 0 Å². The molecule has 8 heteroatoms. The first kappa shape index (κ1) is 16.4. The number of hydrogen-bond donors (Lipinski definition) is 0. The van der Waals surface area contributed by atoms with E-state index >= 15 is 0 Å². The number of aromatic nitrogens is 2. The summed E-state index contributed by atoms with van der Waals surface area (Å²) in [5.74, 6) is 0. The molecule has 0 aliphatic rings. The Morgan fingerprint density at radius 1 is 1.37 bits per heavy atom. The van der Waals surface area contributed by atoms with E-state index in [1.54, 1.807) is 16.9 Å². The minimum absolute atomic E-state index is 0.0409. The van der Waals surface area contributed by atoms with Gasteiger partial charge in [-0.2, -0.15) is 13.5 Å². The van der Waals surface area contributed by atoms with Crippen LogP contribution in [0.1, 0.15) is 5.69 Å². The maximum absolute atomic E-state index is 10.8. The van der Waals surface area contributed by atoms with Crippen molar-refractivity contribution in [3.8, 4) is 0 Å². The van der Waals surface area contributed by atoms with E-state index in [1.165, 1.54) is 0 Å². The minimum atomic E-state index is -3.43. The van der Waals surface area contributed by atoms with Crippen molar-refractivity contribution in [1.82, 2.24) is 9.78 Å². The predicted octanol–water partition coefficient (Wildman–Crippen LogP) is 1.67. The fraction of sp³-hybridized carbons (Fsp3) is 0.727. The molecule has 19 heavy (non-hydrogen) atoms. The first-order valence-electron chi connectivity index (χ1n) is 6.10. The summed E-state index contributed by atoms with van der Waals surface area (Å²) in [5.41, 5.74) is 0.569. The summed E-state index contributed by atoms with van der Waals surface area (Å²) in [4.78, 5) is 0. The molecule has 0 fully saturated rings. The van der Waals surface area contributed by atoms with Gasteiger partial charge in [0.1, 0.15) is 13.3 Å². The summed E-state index contributed by atoms with van der Waals surface area (Å²) in [5, 5.41) is 4.16. The van der Waals surface area contributed by atoms with E-state index in [1.807, 2.05) is 0 Å². The normalized spacial score (nSPS) is 12.8. The average Bonchev–Trinajstić information content (AvgIpc) is 2.67. The lowest BCUT2D eigenvalue weighted by Gasteiger charge is -2.15. The third-order valence-corrected chi connectivity index (χ3v) is 4.59. The fourth-order valence-corrected chi connectivity index (χ4v) is 2.35. The Morgan fingerprint density at radius 3 is 2.63 bits per heavy atom. The number of nitrogens with zero attached hydrogens (tertiary/aromatic N) is 2. The molecule has 0 radical (unpaired) electrons. The van der Waals surface area contributed by atoms with E-state index in [4.69, 9.17) is 4.74 Å². The highest BCUT2D eigenvalue weighted by atomic mass is 32.2. The molecule has 1 aromatic rings. The van der Waals surface area contributed by atoms with Crippen molar-refractivity contribution in [3.05, 3.63) is 18.0 Å². The van der Waals surface area contributed by atoms with Crippen molar-refractivity contribution in [2.24, 2.45) is 0 Å². The van der Waals surface area contributed by atoms with E-state index in [-0.39, 0.29) is 6.61 Å². The molecule has 0 atom stereocenters. The second-order valence-electron chi connectivity index (χ2n) is 5.66. The highest BCUT2D eigenvalue weighted by Crippen LogP contribution is 2.08. The lowest BCUT2D eigenvalue weighted by atomic mass is 10.5. The van der Waals surface area contributed by atoms with E-state index < -0.39 is 18.2 Å². The number of ether oxygens (including phenoxy) is 1. The van der Waals surface area contributed by atoms with Crippen LogP contribution in [0.15, 0.2) is 12.3 Å². The van der Waals surface area contributed by atoms with Gasteiger partial charge in [0.15, 0.2) is 0 Å². The van der Waals surface area contributed by atoms with Gasteiger partial charge in [-0.1, -0.05) is 19.6 Å². The Labute approximate surface area is 115 Å². The standard InChI is InChI=1S/C11H22N2O4SSi/c1-18(14,15)17-9-11-5-6-13(12-11)10-16-7-8-19(2,3)4/h5-6H,7-10H2,1-4H3. The zero-order valence-corrected chi connectivity index (χ0v) is 13.7. The summed E-state index contributed by atoms with van der Waals surface area (Å²) in [6.45, 7) is 7.95. The lowest BCUT2D eigenvalue weighted by Crippen LogP contribution is -2.22. The maximum atomic E-state index is 10.8. The Bertz CT molecular complexity index is 493. The molecule has 0 aromatic carbocycles. The van der Waals surface area contributed by atoms with Crippen molar-refractivity contribution in [2.75, 3.05) is 12.9 Å². The molecule has 6 nitrogen and oxygen atoms in total. The van der Waals surface area contributed by atoms with Crippen molar-refractivity contribution >= 4 is 18.2 Å². The van der Waals surface area contributed by atoms with E-state index in [0.29, 0.717) is 12.4 Å². The van der Waals surface area contributed by atoms with Crippen LogP contribution in [0.4, 0.5) is 0 Å². The monoisotopic (exact) mass is 306 g/mol. The second-order valence-corrected chi connectivity index (χ2v) is 12.9. The molecule has 0 spiro atoms. The zero-order valence-electron chi connectivity index (χ0n) is 11.9. The average molecular weight is 306 g/mol. The van der Waals surface area contributed by atoms with Gasteiger partial charge in [0.2, 0.25) is 0 Å². The van der Waals surface area contributed by atoms with Gasteiger partial charge in [-0.25, -0.2) is 4.68 Å². The third kappa shape index (κ3) is 8.14. The Hall–Kier alpha value is -0.703. The molecular formula is C11H22N2O4SSi. The minimum Gasteiger partial charge on any atom is -0.360 e. The Kier molecular flexibility index (Phi) is 5.72. The van der Waals surface area contributed by atoms with Crippen molar-refractivity contribution in [1.29, 1.82) is 0 Å². The molecule has 0 N–H and O–H groups in total. The molecule has 0 bridgehead atoms. The van der Waals surface area contributed by atoms with Crippen LogP contribution in [0.25, 0.3) is 0 Å².